The molecule has 1 aromatic heterocycles. The summed E-state index contributed by atoms with van der Waals surface area (Å²) in [6.07, 6.45) is 0. The lowest BCUT2D eigenvalue weighted by Crippen LogP contribution is -1.91. The Labute approximate surface area is 282 Å². The Hall–Kier alpha value is -5.92. The summed E-state index contributed by atoms with van der Waals surface area (Å²) < 4.78 is 142. The van der Waals surface area contributed by atoms with Crippen molar-refractivity contribution in [3.63, 3.8) is 0 Å². The van der Waals surface area contributed by atoms with Crippen LogP contribution in [-0.4, -0.2) is 0 Å². The fraction of sp³-hybridized carbons (Fsp3) is 0. The topological polar surface area (TPSA) is 13.1 Å². The van der Waals surface area contributed by atoms with Gasteiger partial charge in [0, 0.05) is 27.6 Å². The molecule has 0 aliphatic carbocycles. The van der Waals surface area contributed by atoms with E-state index in [2.05, 4.69) is 0 Å². The summed E-state index contributed by atoms with van der Waals surface area (Å²) in [5.74, 6) is -0.281. The van der Waals surface area contributed by atoms with Crippen LogP contribution in [0.1, 0.15) is 20.6 Å². The van der Waals surface area contributed by atoms with Gasteiger partial charge in [-0.05, 0) is 49.0 Å². The summed E-state index contributed by atoms with van der Waals surface area (Å²) in [5, 5.41) is -0.841. The van der Waals surface area contributed by atoms with Crippen molar-refractivity contribution in [1.82, 2.24) is 0 Å². The molecule has 0 aliphatic rings. The molecule has 0 bridgehead atoms. The summed E-state index contributed by atoms with van der Waals surface area (Å²) in [6.45, 7) is 0. The van der Waals surface area contributed by atoms with E-state index < -0.39 is 90.6 Å². The van der Waals surface area contributed by atoms with Crippen molar-refractivity contribution < 1.29 is 25.0 Å². The van der Waals surface area contributed by atoms with Crippen molar-refractivity contribution in [2.45, 2.75) is 0 Å². The minimum Gasteiger partial charge on any atom is -0.455 e. The van der Waals surface area contributed by atoms with Crippen LogP contribution in [0.15, 0.2) is 174 Å². The zero-order valence-corrected chi connectivity index (χ0v) is 23.4. The van der Waals surface area contributed by atoms with Crippen molar-refractivity contribution >= 4 is 43.3 Å². The van der Waals surface area contributed by atoms with E-state index in [1.54, 1.807) is 60.7 Å². The van der Waals surface area contributed by atoms with Crippen LogP contribution in [0.4, 0.5) is 0 Å². The van der Waals surface area contributed by atoms with Crippen molar-refractivity contribution in [3.05, 3.63) is 169 Å². The summed E-state index contributed by atoms with van der Waals surface area (Å²) in [5.41, 5.74) is 1.41. The minimum atomic E-state index is -0.685. The van der Waals surface area contributed by atoms with Gasteiger partial charge in [-0.3, -0.25) is 0 Å². The second kappa shape index (κ2) is 10.4. The Kier molecular flexibility index (Phi) is 3.39. The maximum Gasteiger partial charge on any atom is 0.143 e. The Balaban J connectivity index is 1.66. The van der Waals surface area contributed by atoms with Gasteiger partial charge in [0.05, 0.1) is 20.6 Å². The van der Waals surface area contributed by atoms with E-state index in [9.17, 15) is 6.85 Å². The first kappa shape index (κ1) is 14.7. The van der Waals surface area contributed by atoms with Crippen LogP contribution in [0, 0.1) is 0 Å². The predicted octanol–water partition coefficient (Wildman–Crippen LogP) is 12.6. The third-order valence-electron chi connectivity index (χ3n) is 8.03. The van der Waals surface area contributed by atoms with Crippen molar-refractivity contribution in [2.75, 3.05) is 0 Å². The molecule has 0 saturated carbocycles. The molecule has 1 heteroatoms. The summed E-state index contributed by atoms with van der Waals surface area (Å²) >= 11 is 0. The smallest absolute Gasteiger partial charge is 0.143 e. The van der Waals surface area contributed by atoms with Crippen LogP contribution >= 0.6 is 0 Å². The third kappa shape index (κ3) is 4.02. The largest absolute Gasteiger partial charge is 0.455 e. The molecular weight excluding hydrogens is 544 g/mol. The fourth-order valence-corrected chi connectivity index (χ4v) is 6.14. The molecule has 1 nitrogen and oxygen atoms in total. The van der Waals surface area contributed by atoms with Gasteiger partial charge < -0.3 is 4.42 Å². The van der Waals surface area contributed by atoms with Crippen molar-refractivity contribution in [2.24, 2.45) is 0 Å². The quantitative estimate of drug-likeness (QED) is 0.187. The van der Waals surface area contributed by atoms with Crippen LogP contribution in [0.5, 0.6) is 0 Å². The van der Waals surface area contributed by atoms with E-state index in [1.807, 2.05) is 18.2 Å². The SMILES string of the molecule is [2H]c1c([2H])c([2H])c2c(-c3oc4c(-c5ccccc5)cccc4c3-c3c4c([2H])c([2H])c([2H])c([2H])c4c(-c4ccccc4)c4c([2H])c([2H])c([2H])c([2H])c34)c([2H])c([2H])c([2H])c2c1[2H]. The van der Waals surface area contributed by atoms with E-state index in [-0.39, 0.29) is 71.3 Å². The highest BCUT2D eigenvalue weighted by molar-refractivity contribution is 6.25. The zero-order chi connectivity index (χ0) is 42.8. The molecule has 0 N–H and O–H groups in total. The standard InChI is InChI=1S/C44H28O/c1-3-15-30(16-4-1)33-26-14-28-39-42(44(45-43(33)39)38-27-13-20-29-17-7-8-21-32(29)38)41-36-24-11-9-22-34(36)40(31-18-5-2-6-19-31)35-23-10-12-25-37(35)41/h1-28H/i7D,8D,9D,10D,11D,12D,13D,17D,20D,21D,22D,23D,24D,25D,27D. The van der Waals surface area contributed by atoms with Gasteiger partial charge in [-0.15, -0.1) is 0 Å². The highest BCUT2D eigenvalue weighted by Gasteiger charge is 2.26. The monoisotopic (exact) mass is 587 g/mol. The van der Waals surface area contributed by atoms with E-state index in [1.165, 1.54) is 0 Å². The normalized spacial score (nSPS) is 16.2. The highest BCUT2D eigenvalue weighted by atomic mass is 16.3. The number of benzene rings is 8. The maximum absolute atomic E-state index is 9.53. The molecule has 9 aromatic rings. The first-order chi connectivity index (χ1) is 28.6. The molecule has 0 spiro atoms. The van der Waals surface area contributed by atoms with Crippen LogP contribution in [0.2, 0.25) is 0 Å². The van der Waals surface area contributed by atoms with Crippen LogP contribution in [-0.2, 0) is 0 Å². The van der Waals surface area contributed by atoms with Crippen LogP contribution in [0.25, 0.3) is 88.0 Å². The van der Waals surface area contributed by atoms with Gasteiger partial charge >= 0.3 is 0 Å². The zero-order valence-electron chi connectivity index (χ0n) is 38.4. The first-order valence-electron chi connectivity index (χ1n) is 21.7. The van der Waals surface area contributed by atoms with Gasteiger partial charge in [0.25, 0.3) is 0 Å². The summed E-state index contributed by atoms with van der Waals surface area (Å²) in [7, 11) is 0. The number of hydrogen-bond donors (Lipinski definition) is 0. The molecule has 45 heavy (non-hydrogen) atoms. The average Bonchev–Trinajstić information content (AvgIpc) is 3.64. The van der Waals surface area contributed by atoms with Crippen molar-refractivity contribution in [1.29, 1.82) is 0 Å². The number of hydrogen-bond acceptors (Lipinski definition) is 1. The maximum atomic E-state index is 9.53. The van der Waals surface area contributed by atoms with Crippen molar-refractivity contribution in [3.8, 4) is 44.7 Å². The molecule has 0 amide bonds. The van der Waals surface area contributed by atoms with Gasteiger partial charge in [-0.2, -0.15) is 0 Å². The van der Waals surface area contributed by atoms with Gasteiger partial charge in [0.15, 0.2) is 0 Å². The molecular formula is C44H28O. The molecule has 0 aliphatic heterocycles. The molecule has 9 rings (SSSR count). The minimum absolute atomic E-state index is 0.0215. The number of fused-ring (bicyclic) bond motifs is 4. The second-order valence-electron chi connectivity index (χ2n) is 10.5. The molecule has 210 valence electrons. The predicted molar refractivity (Wildman–Crippen MR) is 190 cm³/mol. The highest BCUT2D eigenvalue weighted by Crippen LogP contribution is 2.51. The Bertz CT molecular complexity index is 3270. The summed E-state index contributed by atoms with van der Waals surface area (Å²) in [4.78, 5) is 0. The van der Waals surface area contributed by atoms with Gasteiger partial charge in [0.1, 0.15) is 11.3 Å². The molecule has 0 fully saturated rings. The number of para-hydroxylation sites is 1. The van der Waals surface area contributed by atoms with E-state index in [0.717, 1.165) is 0 Å². The van der Waals surface area contributed by atoms with E-state index in [0.29, 0.717) is 16.7 Å². The fourth-order valence-electron chi connectivity index (χ4n) is 6.14. The van der Waals surface area contributed by atoms with Gasteiger partial charge in [-0.1, -0.05) is 169 Å². The number of rotatable bonds is 4. The Morgan fingerprint density at radius 3 is 1.60 bits per heavy atom. The Morgan fingerprint density at radius 1 is 0.378 bits per heavy atom. The molecule has 8 aromatic carbocycles. The van der Waals surface area contributed by atoms with E-state index in [4.69, 9.17) is 18.1 Å². The lowest BCUT2D eigenvalue weighted by atomic mass is 9.84. The molecule has 0 saturated heterocycles. The van der Waals surface area contributed by atoms with E-state index >= 15 is 0 Å². The lowest BCUT2D eigenvalue weighted by Gasteiger charge is -2.18. The molecule has 0 radical (unpaired) electrons. The lowest BCUT2D eigenvalue weighted by molar-refractivity contribution is 0.634. The Morgan fingerprint density at radius 2 is 0.933 bits per heavy atom. The van der Waals surface area contributed by atoms with Crippen LogP contribution < -0.4 is 0 Å². The third-order valence-corrected chi connectivity index (χ3v) is 8.03. The van der Waals surface area contributed by atoms with Gasteiger partial charge in [-0.25, -0.2) is 0 Å². The van der Waals surface area contributed by atoms with Crippen LogP contribution in [0.3, 0.4) is 0 Å². The second-order valence-corrected chi connectivity index (χ2v) is 10.5. The van der Waals surface area contributed by atoms with Gasteiger partial charge in [0.2, 0.25) is 0 Å². The number of furan rings is 1. The molecule has 0 atom stereocenters. The molecule has 1 heterocycles. The molecule has 0 unspecified atom stereocenters. The summed E-state index contributed by atoms with van der Waals surface area (Å²) in [6, 6.07) is 13.5. The first-order valence-corrected chi connectivity index (χ1v) is 14.2. The average molecular weight is 588 g/mol.